The van der Waals surface area contributed by atoms with Crippen LogP contribution >= 0.6 is 0 Å². The van der Waals surface area contributed by atoms with Gasteiger partial charge in [0, 0.05) is 6.42 Å². The van der Waals surface area contributed by atoms with Crippen LogP contribution < -0.4 is 0 Å². The standard InChI is InChI=1S/C26H46O4/c1-6-22(28)24-20(25(3)14-11-18(27)12-15-25)13-16-26(4)19(8-9-21(24)26)17(2)7-10-23(29)30-5/h17-22,24,27-28H,6-16H2,1-5H3/t17-,18-,19?,20?,21?,22-,24?,25+,26-/m1/s1. The smallest absolute Gasteiger partial charge is 0.305 e. The summed E-state index contributed by atoms with van der Waals surface area (Å²) in [4.78, 5) is 11.7. The highest BCUT2D eigenvalue weighted by molar-refractivity contribution is 5.69. The molecule has 7 atom stereocenters. The summed E-state index contributed by atoms with van der Waals surface area (Å²) in [6.45, 7) is 9.38. The van der Waals surface area contributed by atoms with Gasteiger partial charge in [0.1, 0.15) is 0 Å². The third-order valence-electron chi connectivity index (χ3n) is 9.98. The maximum atomic E-state index is 11.7. The lowest BCUT2D eigenvalue weighted by Gasteiger charge is -2.56. The van der Waals surface area contributed by atoms with Crippen LogP contribution in [0, 0.1) is 40.4 Å². The summed E-state index contributed by atoms with van der Waals surface area (Å²) < 4.78 is 4.87. The van der Waals surface area contributed by atoms with Crippen molar-refractivity contribution >= 4 is 5.97 Å². The zero-order valence-electron chi connectivity index (χ0n) is 20.0. The van der Waals surface area contributed by atoms with E-state index >= 15 is 0 Å². The average Bonchev–Trinajstić information content (AvgIpc) is 3.09. The van der Waals surface area contributed by atoms with E-state index in [1.807, 2.05) is 0 Å². The van der Waals surface area contributed by atoms with Gasteiger partial charge in [-0.3, -0.25) is 4.79 Å². The van der Waals surface area contributed by atoms with Crippen molar-refractivity contribution < 1.29 is 19.7 Å². The van der Waals surface area contributed by atoms with Crippen molar-refractivity contribution in [2.24, 2.45) is 40.4 Å². The molecular formula is C26H46O4. The van der Waals surface area contributed by atoms with E-state index in [9.17, 15) is 15.0 Å². The van der Waals surface area contributed by atoms with E-state index in [-0.39, 0.29) is 29.0 Å². The van der Waals surface area contributed by atoms with Gasteiger partial charge in [-0.05, 0) is 105 Å². The number of carbonyl (C=O) groups excluding carboxylic acids is 1. The molecule has 0 bridgehead atoms. The summed E-state index contributed by atoms with van der Waals surface area (Å²) >= 11 is 0. The van der Waals surface area contributed by atoms with Crippen molar-refractivity contribution in [3.05, 3.63) is 0 Å². The molecule has 0 spiro atoms. The monoisotopic (exact) mass is 422 g/mol. The molecule has 3 fully saturated rings. The fourth-order valence-electron chi connectivity index (χ4n) is 8.07. The Bertz CT molecular complexity index is 582. The first kappa shape index (κ1) is 24.0. The first-order valence-electron chi connectivity index (χ1n) is 12.6. The summed E-state index contributed by atoms with van der Waals surface area (Å²) in [5.41, 5.74) is 0.507. The lowest BCUT2D eigenvalue weighted by atomic mass is 9.49. The molecule has 4 heteroatoms. The van der Waals surface area contributed by atoms with Crippen LogP contribution in [0.4, 0.5) is 0 Å². The van der Waals surface area contributed by atoms with E-state index < -0.39 is 0 Å². The molecule has 0 aliphatic heterocycles. The Labute approximate surface area is 184 Å². The maximum Gasteiger partial charge on any atom is 0.305 e. The molecule has 30 heavy (non-hydrogen) atoms. The van der Waals surface area contributed by atoms with Gasteiger partial charge >= 0.3 is 5.97 Å². The normalized spacial score (nSPS) is 43.6. The van der Waals surface area contributed by atoms with Gasteiger partial charge < -0.3 is 14.9 Å². The summed E-state index contributed by atoms with van der Waals surface area (Å²) in [6.07, 6.45) is 10.8. The molecule has 0 aromatic rings. The number of aliphatic hydroxyl groups excluding tert-OH is 2. The molecule has 3 aliphatic rings. The third-order valence-corrected chi connectivity index (χ3v) is 9.98. The molecule has 0 amide bonds. The Kier molecular flexibility index (Phi) is 7.60. The van der Waals surface area contributed by atoms with Gasteiger partial charge in [-0.15, -0.1) is 0 Å². The predicted octanol–water partition coefficient (Wildman–Crippen LogP) is 5.35. The molecule has 4 nitrogen and oxygen atoms in total. The minimum Gasteiger partial charge on any atom is -0.469 e. The second-order valence-corrected chi connectivity index (χ2v) is 11.5. The van der Waals surface area contributed by atoms with Crippen LogP contribution in [-0.2, 0) is 9.53 Å². The van der Waals surface area contributed by atoms with Gasteiger partial charge in [-0.2, -0.15) is 0 Å². The minimum atomic E-state index is -0.229. The second-order valence-electron chi connectivity index (χ2n) is 11.5. The zero-order valence-corrected chi connectivity index (χ0v) is 20.0. The highest BCUT2D eigenvalue weighted by Crippen LogP contribution is 2.65. The van der Waals surface area contributed by atoms with E-state index in [1.54, 1.807) is 0 Å². The van der Waals surface area contributed by atoms with Crippen LogP contribution in [0.3, 0.4) is 0 Å². The first-order valence-corrected chi connectivity index (χ1v) is 12.6. The number of hydrogen-bond acceptors (Lipinski definition) is 4. The Balaban J connectivity index is 1.80. The van der Waals surface area contributed by atoms with Crippen molar-refractivity contribution in [1.29, 1.82) is 0 Å². The van der Waals surface area contributed by atoms with Gasteiger partial charge in [0.05, 0.1) is 19.3 Å². The van der Waals surface area contributed by atoms with E-state index in [0.717, 1.165) is 38.5 Å². The third kappa shape index (κ3) is 4.46. The van der Waals surface area contributed by atoms with Crippen molar-refractivity contribution in [1.82, 2.24) is 0 Å². The molecule has 3 aliphatic carbocycles. The summed E-state index contributed by atoms with van der Waals surface area (Å²) in [5, 5.41) is 21.3. The molecule has 0 aromatic heterocycles. The molecule has 0 heterocycles. The Morgan fingerprint density at radius 1 is 1.07 bits per heavy atom. The van der Waals surface area contributed by atoms with Crippen molar-refractivity contribution in [2.75, 3.05) is 7.11 Å². The molecule has 2 N–H and O–H groups in total. The number of esters is 1. The van der Waals surface area contributed by atoms with Crippen LogP contribution in [0.1, 0.15) is 98.3 Å². The Hall–Kier alpha value is -0.610. The van der Waals surface area contributed by atoms with Crippen LogP contribution in [0.5, 0.6) is 0 Å². The highest BCUT2D eigenvalue weighted by Gasteiger charge is 2.58. The maximum absolute atomic E-state index is 11.7. The largest absolute Gasteiger partial charge is 0.469 e. The Morgan fingerprint density at radius 2 is 1.73 bits per heavy atom. The van der Waals surface area contributed by atoms with Crippen molar-refractivity contribution in [3.8, 4) is 0 Å². The van der Waals surface area contributed by atoms with Crippen molar-refractivity contribution in [3.63, 3.8) is 0 Å². The van der Waals surface area contributed by atoms with Crippen LogP contribution in [0.15, 0.2) is 0 Å². The molecule has 0 saturated heterocycles. The van der Waals surface area contributed by atoms with E-state index in [4.69, 9.17) is 4.74 Å². The summed E-state index contributed by atoms with van der Waals surface area (Å²) in [5.74, 6) is 2.53. The van der Waals surface area contributed by atoms with Crippen LogP contribution in [0.2, 0.25) is 0 Å². The molecule has 0 aromatic carbocycles. The summed E-state index contributed by atoms with van der Waals surface area (Å²) in [6, 6.07) is 0. The fourth-order valence-corrected chi connectivity index (χ4v) is 8.07. The molecule has 3 rings (SSSR count). The highest BCUT2D eigenvalue weighted by atomic mass is 16.5. The predicted molar refractivity (Wildman–Crippen MR) is 120 cm³/mol. The minimum absolute atomic E-state index is 0.100. The van der Waals surface area contributed by atoms with Gasteiger partial charge in [0.25, 0.3) is 0 Å². The zero-order chi connectivity index (χ0) is 22.1. The van der Waals surface area contributed by atoms with E-state index in [0.29, 0.717) is 36.0 Å². The molecular weight excluding hydrogens is 376 g/mol. The lowest BCUT2D eigenvalue weighted by Crippen LogP contribution is -2.52. The SMILES string of the molecule is CC[C@@H](O)C1C2CCC([C@H](C)CCC(=O)OC)[C@@]2(C)CCC1[C@]1(C)CC[C@H](O)CC1. The molecule has 3 saturated carbocycles. The second kappa shape index (κ2) is 9.48. The topological polar surface area (TPSA) is 66.8 Å². The fraction of sp³-hybridized carbons (Fsp3) is 0.962. The van der Waals surface area contributed by atoms with Gasteiger partial charge in [0.15, 0.2) is 0 Å². The number of fused-ring (bicyclic) bond motifs is 1. The van der Waals surface area contributed by atoms with E-state index in [2.05, 4.69) is 27.7 Å². The number of methoxy groups -OCH3 is 1. The van der Waals surface area contributed by atoms with Gasteiger partial charge in [0.2, 0.25) is 0 Å². The number of ether oxygens (including phenoxy) is 1. The number of rotatable bonds is 7. The van der Waals surface area contributed by atoms with E-state index in [1.165, 1.54) is 32.8 Å². The quantitative estimate of drug-likeness (QED) is 0.543. The van der Waals surface area contributed by atoms with Gasteiger partial charge in [-0.25, -0.2) is 0 Å². The van der Waals surface area contributed by atoms with Crippen LogP contribution in [0.25, 0.3) is 0 Å². The van der Waals surface area contributed by atoms with Crippen molar-refractivity contribution in [2.45, 2.75) is 111 Å². The lowest BCUT2D eigenvalue weighted by molar-refractivity contribution is -0.141. The number of aliphatic hydroxyl groups is 2. The molecule has 174 valence electrons. The van der Waals surface area contributed by atoms with Gasteiger partial charge in [-0.1, -0.05) is 27.7 Å². The molecule has 0 radical (unpaired) electrons. The summed E-state index contributed by atoms with van der Waals surface area (Å²) in [7, 11) is 1.47. The van der Waals surface area contributed by atoms with Crippen LogP contribution in [-0.4, -0.2) is 35.5 Å². The first-order chi connectivity index (χ1) is 14.2. The Morgan fingerprint density at radius 3 is 2.33 bits per heavy atom. The average molecular weight is 423 g/mol. The number of carbonyl (C=O) groups is 1. The molecule has 4 unspecified atom stereocenters. The number of hydrogen-bond donors (Lipinski definition) is 2.